The molecule has 1 aromatic carbocycles. The maximum Gasteiger partial charge on any atom is 0.320 e. The van der Waals surface area contributed by atoms with Crippen LogP contribution in [-0.4, -0.2) is 28.8 Å². The van der Waals surface area contributed by atoms with E-state index in [1.165, 1.54) is 0 Å². The van der Waals surface area contributed by atoms with Crippen LogP contribution in [0.1, 0.15) is 25.0 Å². The summed E-state index contributed by atoms with van der Waals surface area (Å²) in [6, 6.07) is 13.9. The number of urea groups is 1. The van der Waals surface area contributed by atoms with Crippen molar-refractivity contribution in [1.82, 2.24) is 10.3 Å². The number of pyridine rings is 1. The highest BCUT2D eigenvalue weighted by molar-refractivity contribution is 5.88. The van der Waals surface area contributed by atoms with Gasteiger partial charge in [0.15, 0.2) is 0 Å². The van der Waals surface area contributed by atoms with Gasteiger partial charge < -0.3 is 10.4 Å². The molecule has 0 spiro atoms. The lowest BCUT2D eigenvalue weighted by atomic mass is 9.78. The summed E-state index contributed by atoms with van der Waals surface area (Å²) in [5.74, 6) is 1.08. The molecule has 3 rings (SSSR count). The van der Waals surface area contributed by atoms with E-state index in [0.717, 1.165) is 36.1 Å². The van der Waals surface area contributed by atoms with E-state index in [2.05, 4.69) is 15.6 Å². The van der Waals surface area contributed by atoms with Crippen molar-refractivity contribution in [2.45, 2.75) is 32.2 Å². The third-order valence-electron chi connectivity index (χ3n) is 4.52. The van der Waals surface area contributed by atoms with Crippen LogP contribution >= 0.6 is 0 Å². The number of carbonyl (C=O) groups excluding carboxylic acids is 1. The molecule has 0 atom stereocenters. The second kappa shape index (κ2) is 7.45. The van der Waals surface area contributed by atoms with E-state index in [9.17, 15) is 4.79 Å². The molecule has 1 saturated carbocycles. The summed E-state index contributed by atoms with van der Waals surface area (Å²) >= 11 is 0. The Morgan fingerprint density at radius 2 is 1.96 bits per heavy atom. The summed E-state index contributed by atoms with van der Waals surface area (Å²) < 4.78 is 0. The molecule has 1 aliphatic carbocycles. The van der Waals surface area contributed by atoms with Crippen LogP contribution in [0, 0.1) is 12.8 Å². The third-order valence-corrected chi connectivity index (χ3v) is 4.52. The van der Waals surface area contributed by atoms with Crippen LogP contribution in [0.3, 0.4) is 0 Å². The minimum atomic E-state index is -0.221. The molecule has 1 aliphatic rings. The number of benzene rings is 1. The van der Waals surface area contributed by atoms with Crippen molar-refractivity contribution in [1.29, 1.82) is 0 Å². The number of hydrogen-bond donors (Lipinski definition) is 3. The fraction of sp³-hybridized carbons (Fsp3) is 0.368. The van der Waals surface area contributed by atoms with Crippen LogP contribution in [0.2, 0.25) is 0 Å². The molecule has 2 aromatic rings. The number of hydrogen-bond acceptors (Lipinski definition) is 3. The molecule has 5 heteroatoms. The first-order chi connectivity index (χ1) is 11.7. The van der Waals surface area contributed by atoms with E-state index in [1.807, 2.05) is 49.4 Å². The molecule has 2 amide bonds. The zero-order valence-corrected chi connectivity index (χ0v) is 13.8. The first-order valence-electron chi connectivity index (χ1n) is 8.37. The van der Waals surface area contributed by atoms with Gasteiger partial charge in [0.1, 0.15) is 5.82 Å². The molecule has 0 saturated heterocycles. The van der Waals surface area contributed by atoms with Crippen molar-refractivity contribution in [2.24, 2.45) is 5.92 Å². The monoisotopic (exact) mass is 325 g/mol. The van der Waals surface area contributed by atoms with Crippen molar-refractivity contribution in [2.75, 3.05) is 11.9 Å². The van der Waals surface area contributed by atoms with Gasteiger partial charge in [0.2, 0.25) is 0 Å². The molecule has 24 heavy (non-hydrogen) atoms. The number of amides is 2. The van der Waals surface area contributed by atoms with Crippen molar-refractivity contribution >= 4 is 11.8 Å². The van der Waals surface area contributed by atoms with Gasteiger partial charge in [-0.3, -0.25) is 5.32 Å². The van der Waals surface area contributed by atoms with Crippen molar-refractivity contribution < 1.29 is 9.90 Å². The van der Waals surface area contributed by atoms with Crippen molar-refractivity contribution in [3.05, 3.63) is 48.2 Å². The summed E-state index contributed by atoms with van der Waals surface area (Å²) in [6.07, 6.45) is 2.70. The molecule has 1 aromatic heterocycles. The minimum Gasteiger partial charge on any atom is -0.396 e. The van der Waals surface area contributed by atoms with Gasteiger partial charge >= 0.3 is 6.03 Å². The second-order valence-corrected chi connectivity index (χ2v) is 6.34. The molecule has 0 unspecified atom stereocenters. The molecule has 1 heterocycles. The fourth-order valence-electron chi connectivity index (χ4n) is 3.16. The number of rotatable bonds is 5. The van der Waals surface area contributed by atoms with Gasteiger partial charge in [-0.15, -0.1) is 0 Å². The summed E-state index contributed by atoms with van der Waals surface area (Å²) in [5, 5.41) is 14.6. The number of aliphatic hydroxyl groups is 1. The first-order valence-corrected chi connectivity index (χ1v) is 8.37. The number of aromatic nitrogens is 1. The smallest absolute Gasteiger partial charge is 0.320 e. The molecular weight excluding hydrogens is 302 g/mol. The SMILES string of the molecule is Cc1nc(NC(=O)NC2CC(CCO)C2)ccc1-c1ccccc1. The Bertz CT molecular complexity index is 697. The van der Waals surface area contributed by atoms with Crippen LogP contribution in [0.15, 0.2) is 42.5 Å². The average molecular weight is 325 g/mol. The second-order valence-electron chi connectivity index (χ2n) is 6.34. The molecule has 1 fully saturated rings. The topological polar surface area (TPSA) is 74.2 Å². The van der Waals surface area contributed by atoms with Crippen LogP contribution < -0.4 is 10.6 Å². The summed E-state index contributed by atoms with van der Waals surface area (Å²) in [6.45, 7) is 2.16. The standard InChI is InChI=1S/C19H23N3O2/c1-13-17(15-5-3-2-4-6-15)7-8-18(20-13)22-19(24)21-16-11-14(12-16)9-10-23/h2-8,14,16,23H,9-12H2,1H3,(H2,20,21,22,24). The third kappa shape index (κ3) is 3.92. The lowest BCUT2D eigenvalue weighted by Gasteiger charge is -2.35. The normalized spacial score (nSPS) is 19.4. The predicted molar refractivity (Wildman–Crippen MR) is 94.8 cm³/mol. The Morgan fingerprint density at radius 1 is 1.21 bits per heavy atom. The zero-order chi connectivity index (χ0) is 16.9. The van der Waals surface area contributed by atoms with E-state index >= 15 is 0 Å². The lowest BCUT2D eigenvalue weighted by molar-refractivity contribution is 0.169. The molecule has 0 bridgehead atoms. The Morgan fingerprint density at radius 3 is 2.62 bits per heavy atom. The first kappa shape index (κ1) is 16.5. The van der Waals surface area contributed by atoms with Crippen molar-refractivity contribution in [3.8, 4) is 11.1 Å². The number of anilines is 1. The average Bonchev–Trinajstić information content (AvgIpc) is 2.54. The fourth-order valence-corrected chi connectivity index (χ4v) is 3.16. The molecule has 126 valence electrons. The van der Waals surface area contributed by atoms with Gasteiger partial charge in [-0.2, -0.15) is 0 Å². The summed E-state index contributed by atoms with van der Waals surface area (Å²) in [7, 11) is 0. The highest BCUT2D eigenvalue weighted by Crippen LogP contribution is 2.30. The highest BCUT2D eigenvalue weighted by atomic mass is 16.3. The van der Waals surface area contributed by atoms with Gasteiger partial charge in [0.25, 0.3) is 0 Å². The lowest BCUT2D eigenvalue weighted by Crippen LogP contribution is -2.46. The van der Waals surface area contributed by atoms with Crippen LogP contribution in [0.5, 0.6) is 0 Å². The Hall–Kier alpha value is -2.40. The van der Waals surface area contributed by atoms with E-state index in [0.29, 0.717) is 11.7 Å². The zero-order valence-electron chi connectivity index (χ0n) is 13.8. The number of nitrogens with zero attached hydrogens (tertiary/aromatic N) is 1. The van der Waals surface area contributed by atoms with Gasteiger partial charge in [-0.05, 0) is 49.8 Å². The van der Waals surface area contributed by atoms with E-state index < -0.39 is 0 Å². The van der Waals surface area contributed by atoms with E-state index in [1.54, 1.807) is 0 Å². The number of carbonyl (C=O) groups is 1. The van der Waals surface area contributed by atoms with Gasteiger partial charge in [-0.1, -0.05) is 30.3 Å². The molecule has 3 N–H and O–H groups in total. The maximum atomic E-state index is 12.0. The number of nitrogens with one attached hydrogen (secondary N) is 2. The van der Waals surface area contributed by atoms with E-state index in [-0.39, 0.29) is 18.7 Å². The number of aliphatic hydroxyl groups excluding tert-OH is 1. The Kier molecular flexibility index (Phi) is 5.11. The van der Waals surface area contributed by atoms with Gasteiger partial charge in [0.05, 0.1) is 0 Å². The largest absolute Gasteiger partial charge is 0.396 e. The Labute approximate surface area is 142 Å². The number of aryl methyl sites for hydroxylation is 1. The highest BCUT2D eigenvalue weighted by Gasteiger charge is 2.29. The van der Waals surface area contributed by atoms with E-state index in [4.69, 9.17) is 5.11 Å². The van der Waals surface area contributed by atoms with Gasteiger partial charge in [-0.25, -0.2) is 9.78 Å². The van der Waals surface area contributed by atoms with Crippen LogP contribution in [0.25, 0.3) is 11.1 Å². The Balaban J connectivity index is 1.56. The molecule has 5 nitrogen and oxygen atoms in total. The van der Waals surface area contributed by atoms with Gasteiger partial charge in [0, 0.05) is 23.9 Å². The summed E-state index contributed by atoms with van der Waals surface area (Å²) in [5.41, 5.74) is 3.06. The predicted octanol–water partition coefficient (Wildman–Crippen LogP) is 3.34. The van der Waals surface area contributed by atoms with Crippen LogP contribution in [-0.2, 0) is 0 Å². The maximum absolute atomic E-state index is 12.0. The molecule has 0 aliphatic heterocycles. The van der Waals surface area contributed by atoms with Crippen molar-refractivity contribution in [3.63, 3.8) is 0 Å². The molecule has 0 radical (unpaired) electrons. The summed E-state index contributed by atoms with van der Waals surface area (Å²) in [4.78, 5) is 16.5. The minimum absolute atomic E-state index is 0.200. The van der Waals surface area contributed by atoms with Crippen LogP contribution in [0.4, 0.5) is 10.6 Å². The quantitative estimate of drug-likeness (QED) is 0.789. The molecular formula is C19H23N3O2.